The molecule has 1 atom stereocenters. The number of aryl methyl sites for hydroxylation is 1. The van der Waals surface area contributed by atoms with E-state index in [0.29, 0.717) is 5.82 Å². The molecule has 2 N–H and O–H groups in total. The predicted molar refractivity (Wildman–Crippen MR) is 42.5 cm³/mol. The summed E-state index contributed by atoms with van der Waals surface area (Å²) in [6, 6.07) is -0.490. The minimum absolute atomic E-state index is 0.490. The van der Waals surface area contributed by atoms with Crippen LogP contribution in [0, 0.1) is 19.3 Å². The molecule has 0 aliphatic heterocycles. The molecule has 3 nitrogen and oxygen atoms in total. The van der Waals surface area contributed by atoms with Gasteiger partial charge in [0.25, 0.3) is 0 Å². The van der Waals surface area contributed by atoms with Crippen molar-refractivity contribution in [2.45, 2.75) is 13.0 Å². The fraction of sp³-hybridized carbons (Fsp3) is 0.250. The van der Waals surface area contributed by atoms with Gasteiger partial charge in [-0.15, -0.1) is 6.42 Å². The van der Waals surface area contributed by atoms with Gasteiger partial charge in [0.1, 0.15) is 6.04 Å². The second-order valence-electron chi connectivity index (χ2n) is 2.26. The Balaban J connectivity index is 2.92. The zero-order valence-corrected chi connectivity index (χ0v) is 6.28. The fourth-order valence-corrected chi connectivity index (χ4v) is 0.638. The minimum atomic E-state index is -0.490. The molecule has 0 aliphatic carbocycles. The number of aromatic nitrogens is 2. The standard InChI is InChI=1S/C8H9N3/c1-3-7(9)8-10-4-6(2)5-11-8/h1,4-5,7H,9H2,2H3. The summed E-state index contributed by atoms with van der Waals surface area (Å²) in [6.45, 7) is 1.91. The van der Waals surface area contributed by atoms with Gasteiger partial charge in [-0.25, -0.2) is 9.97 Å². The van der Waals surface area contributed by atoms with Crippen molar-refractivity contribution in [2.75, 3.05) is 0 Å². The lowest BCUT2D eigenvalue weighted by molar-refractivity contribution is 0.825. The smallest absolute Gasteiger partial charge is 0.157 e. The largest absolute Gasteiger partial charge is 0.311 e. The Labute approximate surface area is 65.7 Å². The van der Waals surface area contributed by atoms with E-state index in [1.165, 1.54) is 0 Å². The summed E-state index contributed by atoms with van der Waals surface area (Å²) in [5, 5.41) is 0. The summed E-state index contributed by atoms with van der Waals surface area (Å²) in [5.41, 5.74) is 6.48. The molecule has 0 aromatic carbocycles. The molecular weight excluding hydrogens is 138 g/mol. The van der Waals surface area contributed by atoms with Crippen LogP contribution in [0.3, 0.4) is 0 Å². The SMILES string of the molecule is C#CC(N)c1ncc(C)cn1. The van der Waals surface area contributed by atoms with Crippen molar-refractivity contribution in [3.05, 3.63) is 23.8 Å². The Morgan fingerprint density at radius 3 is 2.55 bits per heavy atom. The van der Waals surface area contributed by atoms with E-state index >= 15 is 0 Å². The van der Waals surface area contributed by atoms with Crippen molar-refractivity contribution in [3.8, 4) is 12.3 Å². The van der Waals surface area contributed by atoms with E-state index in [1.807, 2.05) is 6.92 Å². The number of hydrogen-bond donors (Lipinski definition) is 1. The van der Waals surface area contributed by atoms with Crippen LogP contribution in [0.4, 0.5) is 0 Å². The highest BCUT2D eigenvalue weighted by Gasteiger charge is 2.02. The van der Waals surface area contributed by atoms with Gasteiger partial charge in [-0.3, -0.25) is 0 Å². The monoisotopic (exact) mass is 147 g/mol. The molecule has 11 heavy (non-hydrogen) atoms. The van der Waals surface area contributed by atoms with E-state index in [0.717, 1.165) is 5.56 Å². The minimum Gasteiger partial charge on any atom is -0.311 e. The second-order valence-corrected chi connectivity index (χ2v) is 2.26. The Hall–Kier alpha value is -1.40. The van der Waals surface area contributed by atoms with Gasteiger partial charge in [0.15, 0.2) is 5.82 Å². The van der Waals surface area contributed by atoms with Gasteiger partial charge in [0, 0.05) is 12.4 Å². The molecule has 56 valence electrons. The zero-order chi connectivity index (χ0) is 8.27. The first-order valence-electron chi connectivity index (χ1n) is 3.24. The molecule has 0 bridgehead atoms. The second kappa shape index (κ2) is 3.13. The van der Waals surface area contributed by atoms with Gasteiger partial charge in [-0.1, -0.05) is 5.92 Å². The maximum Gasteiger partial charge on any atom is 0.157 e. The Morgan fingerprint density at radius 2 is 2.09 bits per heavy atom. The predicted octanol–water partition coefficient (Wildman–Crippen LogP) is 0.418. The van der Waals surface area contributed by atoms with Crippen LogP contribution in [0.5, 0.6) is 0 Å². The summed E-state index contributed by atoms with van der Waals surface area (Å²) >= 11 is 0. The molecule has 0 saturated heterocycles. The normalized spacial score (nSPS) is 12.1. The van der Waals surface area contributed by atoms with Gasteiger partial charge in [-0.05, 0) is 12.5 Å². The lowest BCUT2D eigenvalue weighted by atomic mass is 10.3. The number of nitrogens with zero attached hydrogens (tertiary/aromatic N) is 2. The molecule has 0 radical (unpaired) electrons. The summed E-state index contributed by atoms with van der Waals surface area (Å²) in [5.74, 6) is 2.85. The van der Waals surface area contributed by atoms with E-state index in [4.69, 9.17) is 12.2 Å². The lowest BCUT2D eigenvalue weighted by Crippen LogP contribution is -2.11. The molecule has 0 saturated carbocycles. The van der Waals surface area contributed by atoms with Gasteiger partial charge in [0.2, 0.25) is 0 Å². The summed E-state index contributed by atoms with van der Waals surface area (Å²) in [4.78, 5) is 7.94. The first kappa shape index (κ1) is 7.70. The summed E-state index contributed by atoms with van der Waals surface area (Å²) < 4.78 is 0. The highest BCUT2D eigenvalue weighted by molar-refractivity contribution is 5.11. The van der Waals surface area contributed by atoms with Crippen molar-refractivity contribution in [1.82, 2.24) is 9.97 Å². The van der Waals surface area contributed by atoms with Gasteiger partial charge in [0.05, 0.1) is 0 Å². The molecule has 0 spiro atoms. The first-order chi connectivity index (χ1) is 5.24. The van der Waals surface area contributed by atoms with Crippen LogP contribution in [0.25, 0.3) is 0 Å². The van der Waals surface area contributed by atoms with Crippen LogP contribution in [0.1, 0.15) is 17.4 Å². The van der Waals surface area contributed by atoms with E-state index in [1.54, 1.807) is 12.4 Å². The highest BCUT2D eigenvalue weighted by Crippen LogP contribution is 2.01. The van der Waals surface area contributed by atoms with Crippen molar-refractivity contribution >= 4 is 0 Å². The topological polar surface area (TPSA) is 51.8 Å². The summed E-state index contributed by atoms with van der Waals surface area (Å²) in [6.07, 6.45) is 8.48. The first-order valence-corrected chi connectivity index (χ1v) is 3.24. The number of terminal acetylenes is 1. The number of hydrogen-bond acceptors (Lipinski definition) is 3. The molecule has 1 aromatic rings. The molecule has 0 fully saturated rings. The fourth-order valence-electron chi connectivity index (χ4n) is 0.638. The van der Waals surface area contributed by atoms with Crippen LogP contribution in [0.15, 0.2) is 12.4 Å². The van der Waals surface area contributed by atoms with Gasteiger partial charge in [-0.2, -0.15) is 0 Å². The Kier molecular flexibility index (Phi) is 2.19. The van der Waals surface area contributed by atoms with Crippen molar-refractivity contribution in [2.24, 2.45) is 5.73 Å². The quantitative estimate of drug-likeness (QED) is 0.585. The molecule has 3 heteroatoms. The van der Waals surface area contributed by atoms with E-state index in [2.05, 4.69) is 15.9 Å². The van der Waals surface area contributed by atoms with E-state index in [-0.39, 0.29) is 0 Å². The van der Waals surface area contributed by atoms with Crippen LogP contribution < -0.4 is 5.73 Å². The molecular formula is C8H9N3. The van der Waals surface area contributed by atoms with E-state index in [9.17, 15) is 0 Å². The Morgan fingerprint density at radius 1 is 1.55 bits per heavy atom. The molecule has 0 amide bonds. The van der Waals surface area contributed by atoms with Crippen LogP contribution in [-0.4, -0.2) is 9.97 Å². The third kappa shape index (κ3) is 1.76. The molecule has 1 aromatic heterocycles. The van der Waals surface area contributed by atoms with Crippen LogP contribution >= 0.6 is 0 Å². The van der Waals surface area contributed by atoms with Gasteiger partial charge >= 0.3 is 0 Å². The average Bonchev–Trinajstić information content (AvgIpc) is 2.05. The number of rotatable bonds is 1. The van der Waals surface area contributed by atoms with Crippen LogP contribution in [-0.2, 0) is 0 Å². The third-order valence-corrected chi connectivity index (χ3v) is 1.26. The molecule has 1 rings (SSSR count). The Bertz CT molecular complexity index is 270. The maximum absolute atomic E-state index is 5.48. The van der Waals surface area contributed by atoms with Crippen molar-refractivity contribution < 1.29 is 0 Å². The van der Waals surface area contributed by atoms with Gasteiger partial charge < -0.3 is 5.73 Å². The average molecular weight is 147 g/mol. The molecule has 1 heterocycles. The highest BCUT2D eigenvalue weighted by atomic mass is 14.9. The van der Waals surface area contributed by atoms with Crippen molar-refractivity contribution in [1.29, 1.82) is 0 Å². The molecule has 1 unspecified atom stereocenters. The summed E-state index contributed by atoms with van der Waals surface area (Å²) in [7, 11) is 0. The number of nitrogens with two attached hydrogens (primary N) is 1. The van der Waals surface area contributed by atoms with Crippen LogP contribution in [0.2, 0.25) is 0 Å². The van der Waals surface area contributed by atoms with Crippen molar-refractivity contribution in [3.63, 3.8) is 0 Å². The maximum atomic E-state index is 5.48. The third-order valence-electron chi connectivity index (χ3n) is 1.26. The van der Waals surface area contributed by atoms with E-state index < -0.39 is 6.04 Å². The lowest BCUT2D eigenvalue weighted by Gasteiger charge is -2.00. The molecule has 0 aliphatic rings. The zero-order valence-electron chi connectivity index (χ0n) is 6.28.